The van der Waals surface area contributed by atoms with E-state index in [0.29, 0.717) is 0 Å². The van der Waals surface area contributed by atoms with Crippen molar-refractivity contribution in [3.05, 3.63) is 102 Å². The molecule has 0 aliphatic carbocycles. The molecule has 3 aromatic carbocycles. The summed E-state index contributed by atoms with van der Waals surface area (Å²) < 4.78 is 0. The lowest BCUT2D eigenvalue weighted by molar-refractivity contribution is 1.25. The van der Waals surface area contributed by atoms with Gasteiger partial charge in [-0.25, -0.2) is 0 Å². The molecule has 0 saturated heterocycles. The second-order valence-electron chi connectivity index (χ2n) is 5.06. The van der Waals surface area contributed by atoms with Crippen molar-refractivity contribution in [3.8, 4) is 0 Å². The van der Waals surface area contributed by atoms with E-state index in [1.807, 2.05) is 54.6 Å². The van der Waals surface area contributed by atoms with Crippen LogP contribution in [0.1, 0.15) is 11.1 Å². The Labute approximate surface area is 131 Å². The van der Waals surface area contributed by atoms with Crippen LogP contribution in [0, 0.1) is 0 Å². The van der Waals surface area contributed by atoms with Crippen molar-refractivity contribution in [2.24, 2.45) is 5.10 Å². The minimum Gasteiger partial charge on any atom is -0.278 e. The van der Waals surface area contributed by atoms with E-state index < -0.39 is 0 Å². The summed E-state index contributed by atoms with van der Waals surface area (Å²) in [6.07, 6.45) is 0.796. The van der Waals surface area contributed by atoms with Gasteiger partial charge in [-0.05, 0) is 23.3 Å². The summed E-state index contributed by atoms with van der Waals surface area (Å²) in [4.78, 5) is 0. The van der Waals surface area contributed by atoms with E-state index in [-0.39, 0.29) is 0 Å². The molecular weight excluding hydrogens is 268 g/mol. The van der Waals surface area contributed by atoms with Crippen molar-refractivity contribution in [1.29, 1.82) is 0 Å². The third kappa shape index (κ3) is 3.83. The van der Waals surface area contributed by atoms with Crippen LogP contribution in [0.15, 0.2) is 96.1 Å². The van der Waals surface area contributed by atoms with Gasteiger partial charge < -0.3 is 0 Å². The Morgan fingerprint density at radius 3 is 1.86 bits per heavy atom. The summed E-state index contributed by atoms with van der Waals surface area (Å²) in [5.74, 6) is 0. The number of benzene rings is 3. The lowest BCUT2D eigenvalue weighted by atomic mass is 10.0. The average molecular weight is 286 g/mol. The third-order valence-electron chi connectivity index (χ3n) is 3.42. The van der Waals surface area contributed by atoms with Gasteiger partial charge in [0.25, 0.3) is 0 Å². The standard InChI is InChI=1S/C20H18N2/c1-4-10-17(11-5-1)16-20(18-12-6-2-7-13-18)22-21-19-14-8-3-9-15-19/h1-15,21H,16H2/b22-20-. The number of nitrogens with zero attached hydrogens (tertiary/aromatic N) is 1. The van der Waals surface area contributed by atoms with Crippen molar-refractivity contribution in [1.82, 2.24) is 0 Å². The molecule has 108 valence electrons. The van der Waals surface area contributed by atoms with Gasteiger partial charge in [-0.2, -0.15) is 5.10 Å². The zero-order valence-corrected chi connectivity index (χ0v) is 12.3. The van der Waals surface area contributed by atoms with Crippen molar-refractivity contribution >= 4 is 11.4 Å². The zero-order chi connectivity index (χ0) is 15.0. The normalized spacial score (nSPS) is 11.2. The minimum absolute atomic E-state index is 0.796. The molecule has 0 aliphatic rings. The first-order valence-electron chi connectivity index (χ1n) is 7.39. The topological polar surface area (TPSA) is 24.4 Å². The van der Waals surface area contributed by atoms with E-state index >= 15 is 0 Å². The van der Waals surface area contributed by atoms with E-state index in [1.165, 1.54) is 5.56 Å². The van der Waals surface area contributed by atoms with Gasteiger partial charge in [0.1, 0.15) is 0 Å². The maximum Gasteiger partial charge on any atom is 0.0723 e. The summed E-state index contributed by atoms with van der Waals surface area (Å²) >= 11 is 0. The highest BCUT2D eigenvalue weighted by Gasteiger charge is 2.05. The monoisotopic (exact) mass is 286 g/mol. The van der Waals surface area contributed by atoms with E-state index in [4.69, 9.17) is 0 Å². The number of hydrogen-bond donors (Lipinski definition) is 1. The largest absolute Gasteiger partial charge is 0.278 e. The van der Waals surface area contributed by atoms with E-state index in [2.05, 4.69) is 46.9 Å². The van der Waals surface area contributed by atoms with Gasteiger partial charge in [0.05, 0.1) is 11.4 Å². The number of nitrogens with one attached hydrogen (secondary N) is 1. The molecule has 0 fully saturated rings. The quantitative estimate of drug-likeness (QED) is 0.531. The van der Waals surface area contributed by atoms with Crippen LogP contribution in [0.2, 0.25) is 0 Å². The molecule has 0 heterocycles. The lowest BCUT2D eigenvalue weighted by Crippen LogP contribution is -2.08. The predicted octanol–water partition coefficient (Wildman–Crippen LogP) is 4.75. The molecule has 0 bridgehead atoms. The summed E-state index contributed by atoms with van der Waals surface area (Å²) in [5.41, 5.74) is 7.55. The first kappa shape index (κ1) is 14.1. The summed E-state index contributed by atoms with van der Waals surface area (Å²) in [6, 6.07) is 30.7. The van der Waals surface area contributed by atoms with Crippen LogP contribution in [0.4, 0.5) is 5.69 Å². The number of anilines is 1. The van der Waals surface area contributed by atoms with E-state index in [0.717, 1.165) is 23.4 Å². The second-order valence-corrected chi connectivity index (χ2v) is 5.06. The SMILES string of the molecule is c1ccc(C/C(=N/Nc2ccccc2)c2ccccc2)cc1. The molecule has 3 aromatic rings. The Morgan fingerprint density at radius 1 is 0.682 bits per heavy atom. The zero-order valence-electron chi connectivity index (χ0n) is 12.3. The minimum atomic E-state index is 0.796. The molecule has 0 atom stereocenters. The fourth-order valence-electron chi connectivity index (χ4n) is 2.27. The Hall–Kier alpha value is -2.87. The maximum absolute atomic E-state index is 4.63. The van der Waals surface area contributed by atoms with Gasteiger partial charge in [0, 0.05) is 6.42 Å². The molecule has 0 aliphatic heterocycles. The molecule has 2 nitrogen and oxygen atoms in total. The number of rotatable bonds is 5. The molecule has 1 N–H and O–H groups in total. The van der Waals surface area contributed by atoms with Crippen LogP contribution in [0.25, 0.3) is 0 Å². The molecular formula is C20H18N2. The van der Waals surface area contributed by atoms with Crippen LogP contribution < -0.4 is 5.43 Å². The van der Waals surface area contributed by atoms with Crippen molar-refractivity contribution in [2.75, 3.05) is 5.43 Å². The molecule has 0 aromatic heterocycles. The molecule has 0 spiro atoms. The van der Waals surface area contributed by atoms with Gasteiger partial charge >= 0.3 is 0 Å². The first-order chi connectivity index (χ1) is 10.9. The number of para-hydroxylation sites is 1. The summed E-state index contributed by atoms with van der Waals surface area (Å²) in [6.45, 7) is 0. The summed E-state index contributed by atoms with van der Waals surface area (Å²) in [7, 11) is 0. The molecule has 0 radical (unpaired) electrons. The highest BCUT2D eigenvalue weighted by molar-refractivity contribution is 6.02. The number of hydrogen-bond acceptors (Lipinski definition) is 2. The maximum atomic E-state index is 4.63. The van der Waals surface area contributed by atoms with Crippen molar-refractivity contribution in [3.63, 3.8) is 0 Å². The van der Waals surface area contributed by atoms with Crippen molar-refractivity contribution < 1.29 is 0 Å². The summed E-state index contributed by atoms with van der Waals surface area (Å²) in [5, 5.41) is 4.63. The Bertz CT molecular complexity index is 719. The third-order valence-corrected chi connectivity index (χ3v) is 3.42. The first-order valence-corrected chi connectivity index (χ1v) is 7.39. The lowest BCUT2D eigenvalue weighted by Gasteiger charge is -2.08. The van der Waals surface area contributed by atoms with Gasteiger partial charge in [-0.3, -0.25) is 5.43 Å². The second kappa shape index (κ2) is 7.23. The van der Waals surface area contributed by atoms with E-state index in [9.17, 15) is 0 Å². The smallest absolute Gasteiger partial charge is 0.0723 e. The van der Waals surface area contributed by atoms with Crippen LogP contribution >= 0.6 is 0 Å². The fourth-order valence-corrected chi connectivity index (χ4v) is 2.27. The highest BCUT2D eigenvalue weighted by Crippen LogP contribution is 2.11. The number of hydrazone groups is 1. The Balaban J connectivity index is 1.86. The van der Waals surface area contributed by atoms with Gasteiger partial charge in [0.15, 0.2) is 0 Å². The van der Waals surface area contributed by atoms with Gasteiger partial charge in [0.2, 0.25) is 0 Å². The van der Waals surface area contributed by atoms with Crippen molar-refractivity contribution in [2.45, 2.75) is 6.42 Å². The molecule has 0 unspecified atom stereocenters. The molecule has 0 amide bonds. The van der Waals surface area contributed by atoms with Crippen LogP contribution in [0.3, 0.4) is 0 Å². The predicted molar refractivity (Wildman–Crippen MR) is 93.2 cm³/mol. The van der Waals surface area contributed by atoms with E-state index in [1.54, 1.807) is 0 Å². The van der Waals surface area contributed by atoms with Crippen LogP contribution in [-0.4, -0.2) is 5.71 Å². The molecule has 0 saturated carbocycles. The van der Waals surface area contributed by atoms with Gasteiger partial charge in [-0.1, -0.05) is 78.9 Å². The molecule has 3 rings (SSSR count). The molecule has 22 heavy (non-hydrogen) atoms. The Morgan fingerprint density at radius 2 is 1.23 bits per heavy atom. The van der Waals surface area contributed by atoms with Crippen LogP contribution in [0.5, 0.6) is 0 Å². The van der Waals surface area contributed by atoms with Gasteiger partial charge in [-0.15, -0.1) is 0 Å². The molecule has 2 heteroatoms. The average Bonchev–Trinajstić information content (AvgIpc) is 2.61. The fraction of sp³-hybridized carbons (Fsp3) is 0.0500. The van der Waals surface area contributed by atoms with Crippen LogP contribution in [-0.2, 0) is 6.42 Å². The Kier molecular flexibility index (Phi) is 4.63. The highest BCUT2D eigenvalue weighted by atomic mass is 15.3.